The van der Waals surface area contributed by atoms with E-state index in [1.807, 2.05) is 13.8 Å². The van der Waals surface area contributed by atoms with Crippen LogP contribution in [0.3, 0.4) is 0 Å². The lowest BCUT2D eigenvalue weighted by molar-refractivity contribution is 0.180. The van der Waals surface area contributed by atoms with Crippen molar-refractivity contribution in [1.29, 1.82) is 0 Å². The number of benzene rings is 1. The summed E-state index contributed by atoms with van der Waals surface area (Å²) in [7, 11) is 0. The fourth-order valence-electron chi connectivity index (χ4n) is 1.84. The minimum Gasteiger partial charge on any atom is -0.493 e. The Morgan fingerprint density at radius 1 is 1.24 bits per heavy atom. The zero-order valence-electron chi connectivity index (χ0n) is 11.7. The molecule has 0 amide bonds. The second-order valence-corrected chi connectivity index (χ2v) is 4.84. The second kappa shape index (κ2) is 7.37. The van der Waals surface area contributed by atoms with Crippen LogP contribution in [0.5, 0.6) is 5.75 Å². The van der Waals surface area contributed by atoms with Crippen LogP contribution in [0.25, 0.3) is 0 Å². The summed E-state index contributed by atoms with van der Waals surface area (Å²) >= 11 is 0. The highest BCUT2D eigenvalue weighted by atomic mass is 16.5. The van der Waals surface area contributed by atoms with Crippen LogP contribution < -0.4 is 4.74 Å². The van der Waals surface area contributed by atoms with Gasteiger partial charge in [0.2, 0.25) is 0 Å². The van der Waals surface area contributed by atoms with Gasteiger partial charge in [0.15, 0.2) is 0 Å². The van der Waals surface area contributed by atoms with Crippen molar-refractivity contribution in [3.05, 3.63) is 29.8 Å². The monoisotopic (exact) mass is 234 g/mol. The molecule has 1 aromatic rings. The van der Waals surface area contributed by atoms with Crippen molar-refractivity contribution in [3.63, 3.8) is 0 Å². The van der Waals surface area contributed by atoms with Gasteiger partial charge >= 0.3 is 0 Å². The Labute approximate surface area is 106 Å². The van der Waals surface area contributed by atoms with E-state index in [0.29, 0.717) is 5.92 Å². The number of rotatable bonds is 4. The lowest BCUT2D eigenvalue weighted by atomic mass is 9.86. The molecule has 0 N–H and O–H groups in total. The third-order valence-corrected chi connectivity index (χ3v) is 3.24. The highest BCUT2D eigenvalue weighted by molar-refractivity contribution is 5.30. The van der Waals surface area contributed by atoms with Crippen LogP contribution in [0.4, 0.5) is 0 Å². The van der Waals surface area contributed by atoms with E-state index in [0.717, 1.165) is 18.3 Å². The fourth-order valence-corrected chi connectivity index (χ4v) is 1.84. The SMILES string of the molecule is CC.CC(C)c1cccc(OCC2CCC2)c1. The van der Waals surface area contributed by atoms with Crippen LogP contribution in [0, 0.1) is 5.92 Å². The van der Waals surface area contributed by atoms with E-state index in [-0.39, 0.29) is 0 Å². The van der Waals surface area contributed by atoms with E-state index in [1.54, 1.807) is 0 Å². The molecule has 0 saturated heterocycles. The molecule has 1 aliphatic rings. The smallest absolute Gasteiger partial charge is 0.119 e. The summed E-state index contributed by atoms with van der Waals surface area (Å²) in [6.07, 6.45) is 4.09. The molecule has 2 rings (SSSR count). The predicted molar refractivity (Wildman–Crippen MR) is 74.7 cm³/mol. The standard InChI is InChI=1S/C14H20O.C2H6/c1-11(2)13-7-4-8-14(9-13)15-10-12-5-3-6-12;1-2/h4,7-9,11-12H,3,5-6,10H2,1-2H3;1-2H3. The van der Waals surface area contributed by atoms with Gasteiger partial charge < -0.3 is 4.74 Å². The number of ether oxygens (including phenoxy) is 1. The molecule has 0 radical (unpaired) electrons. The first-order valence-electron chi connectivity index (χ1n) is 6.98. The van der Waals surface area contributed by atoms with Gasteiger partial charge in [-0.3, -0.25) is 0 Å². The summed E-state index contributed by atoms with van der Waals surface area (Å²) < 4.78 is 5.80. The summed E-state index contributed by atoms with van der Waals surface area (Å²) in [5, 5.41) is 0. The Kier molecular flexibility index (Phi) is 6.10. The molecular weight excluding hydrogens is 208 g/mol. The van der Waals surface area contributed by atoms with Gasteiger partial charge in [-0.05, 0) is 42.4 Å². The van der Waals surface area contributed by atoms with E-state index in [2.05, 4.69) is 38.1 Å². The molecule has 1 aliphatic carbocycles. The topological polar surface area (TPSA) is 9.23 Å². The molecule has 1 saturated carbocycles. The third kappa shape index (κ3) is 4.41. The molecule has 0 bridgehead atoms. The summed E-state index contributed by atoms with van der Waals surface area (Å²) in [6, 6.07) is 8.49. The molecule has 96 valence electrons. The Morgan fingerprint density at radius 2 is 1.94 bits per heavy atom. The average molecular weight is 234 g/mol. The van der Waals surface area contributed by atoms with Crippen molar-refractivity contribution in [1.82, 2.24) is 0 Å². The lowest BCUT2D eigenvalue weighted by Gasteiger charge is -2.25. The molecule has 1 heteroatoms. The zero-order chi connectivity index (χ0) is 12.7. The van der Waals surface area contributed by atoms with Gasteiger partial charge in [0, 0.05) is 0 Å². The molecule has 0 aliphatic heterocycles. The zero-order valence-corrected chi connectivity index (χ0v) is 11.7. The maximum absolute atomic E-state index is 5.80. The van der Waals surface area contributed by atoms with Crippen molar-refractivity contribution in [2.24, 2.45) is 5.92 Å². The van der Waals surface area contributed by atoms with E-state index in [4.69, 9.17) is 4.74 Å². The predicted octanol–water partition coefficient (Wildman–Crippen LogP) is 5.02. The molecule has 1 fully saturated rings. The Balaban J connectivity index is 0.000000686. The maximum atomic E-state index is 5.80. The molecule has 1 aromatic carbocycles. The van der Waals surface area contributed by atoms with Gasteiger partial charge in [0.1, 0.15) is 5.75 Å². The summed E-state index contributed by atoms with van der Waals surface area (Å²) in [5.74, 6) is 2.43. The van der Waals surface area contributed by atoms with E-state index < -0.39 is 0 Å². The Hall–Kier alpha value is -0.980. The van der Waals surface area contributed by atoms with Crippen molar-refractivity contribution in [3.8, 4) is 5.75 Å². The van der Waals surface area contributed by atoms with Gasteiger partial charge in [-0.1, -0.05) is 46.2 Å². The molecule has 0 aromatic heterocycles. The van der Waals surface area contributed by atoms with Gasteiger partial charge in [0.05, 0.1) is 6.61 Å². The Bertz CT molecular complexity index is 313. The lowest BCUT2D eigenvalue weighted by Crippen LogP contribution is -2.19. The first-order chi connectivity index (χ1) is 8.25. The first-order valence-corrected chi connectivity index (χ1v) is 6.98. The normalized spacial score (nSPS) is 14.9. The maximum Gasteiger partial charge on any atom is 0.119 e. The Morgan fingerprint density at radius 3 is 2.47 bits per heavy atom. The van der Waals surface area contributed by atoms with Crippen molar-refractivity contribution < 1.29 is 4.74 Å². The largest absolute Gasteiger partial charge is 0.493 e. The minimum atomic E-state index is 0.581. The molecule has 0 heterocycles. The van der Waals surface area contributed by atoms with Crippen molar-refractivity contribution in [2.45, 2.75) is 52.9 Å². The average Bonchev–Trinajstić information content (AvgIpc) is 2.30. The quantitative estimate of drug-likeness (QED) is 0.711. The third-order valence-electron chi connectivity index (χ3n) is 3.24. The second-order valence-electron chi connectivity index (χ2n) is 4.84. The molecular formula is C16H26O. The summed E-state index contributed by atoms with van der Waals surface area (Å²) in [6.45, 7) is 9.33. The molecule has 17 heavy (non-hydrogen) atoms. The molecule has 0 spiro atoms. The number of hydrogen-bond donors (Lipinski definition) is 0. The molecule has 0 unspecified atom stereocenters. The van der Waals surface area contributed by atoms with E-state index in [9.17, 15) is 0 Å². The van der Waals surface area contributed by atoms with Crippen LogP contribution in [0.1, 0.15) is 58.4 Å². The minimum absolute atomic E-state index is 0.581. The van der Waals surface area contributed by atoms with Gasteiger partial charge in [-0.15, -0.1) is 0 Å². The van der Waals surface area contributed by atoms with Crippen molar-refractivity contribution in [2.75, 3.05) is 6.61 Å². The van der Waals surface area contributed by atoms with Crippen molar-refractivity contribution >= 4 is 0 Å². The number of hydrogen-bond acceptors (Lipinski definition) is 1. The van der Waals surface area contributed by atoms with Crippen LogP contribution in [0.15, 0.2) is 24.3 Å². The molecule has 0 atom stereocenters. The highest BCUT2D eigenvalue weighted by Crippen LogP contribution is 2.27. The van der Waals surface area contributed by atoms with Crippen LogP contribution in [-0.2, 0) is 0 Å². The highest BCUT2D eigenvalue weighted by Gasteiger charge is 2.17. The van der Waals surface area contributed by atoms with Crippen LogP contribution >= 0.6 is 0 Å². The van der Waals surface area contributed by atoms with Crippen LogP contribution in [0.2, 0.25) is 0 Å². The van der Waals surface area contributed by atoms with Crippen LogP contribution in [-0.4, -0.2) is 6.61 Å². The van der Waals surface area contributed by atoms with E-state index >= 15 is 0 Å². The first kappa shape index (κ1) is 14.1. The molecule has 1 nitrogen and oxygen atoms in total. The van der Waals surface area contributed by atoms with Gasteiger partial charge in [0.25, 0.3) is 0 Å². The van der Waals surface area contributed by atoms with Gasteiger partial charge in [-0.25, -0.2) is 0 Å². The van der Waals surface area contributed by atoms with Gasteiger partial charge in [-0.2, -0.15) is 0 Å². The fraction of sp³-hybridized carbons (Fsp3) is 0.625. The van der Waals surface area contributed by atoms with E-state index in [1.165, 1.54) is 24.8 Å². The summed E-state index contributed by atoms with van der Waals surface area (Å²) in [4.78, 5) is 0. The summed E-state index contributed by atoms with van der Waals surface area (Å²) in [5.41, 5.74) is 1.36.